The monoisotopic (exact) mass is 347 g/mol. The molecule has 2 heterocycles. The van der Waals surface area contributed by atoms with Crippen LogP contribution in [0.25, 0.3) is 11.3 Å². The van der Waals surface area contributed by atoms with Gasteiger partial charge in [-0.2, -0.15) is 0 Å². The fourth-order valence-electron chi connectivity index (χ4n) is 2.17. The molecule has 6 nitrogen and oxygen atoms in total. The van der Waals surface area contributed by atoms with Crippen LogP contribution in [0.4, 0.5) is 4.39 Å². The lowest BCUT2D eigenvalue weighted by atomic mass is 9.96. The van der Waals surface area contributed by atoms with E-state index < -0.39 is 0 Å². The molecule has 0 bridgehead atoms. The van der Waals surface area contributed by atoms with E-state index in [1.54, 1.807) is 18.3 Å². The SMILES string of the molecule is CC(C)(C)c1nnc(SCc2ncc(-c3cccc(F)c3)o2)n1N. The van der Waals surface area contributed by atoms with E-state index in [1.165, 1.54) is 28.6 Å². The number of halogens is 1. The quantitative estimate of drug-likeness (QED) is 0.575. The molecule has 24 heavy (non-hydrogen) atoms. The summed E-state index contributed by atoms with van der Waals surface area (Å²) >= 11 is 1.38. The molecule has 3 rings (SSSR count). The minimum Gasteiger partial charge on any atom is -0.440 e. The molecule has 0 saturated carbocycles. The molecule has 1 aromatic carbocycles. The Morgan fingerprint density at radius 3 is 2.75 bits per heavy atom. The highest BCUT2D eigenvalue weighted by molar-refractivity contribution is 7.98. The summed E-state index contributed by atoms with van der Waals surface area (Å²) in [6.45, 7) is 6.07. The van der Waals surface area contributed by atoms with Crippen molar-refractivity contribution in [2.24, 2.45) is 0 Å². The van der Waals surface area contributed by atoms with E-state index in [1.807, 2.05) is 20.8 Å². The lowest BCUT2D eigenvalue weighted by molar-refractivity contribution is 0.522. The number of rotatable bonds is 4. The van der Waals surface area contributed by atoms with E-state index in [0.29, 0.717) is 33.9 Å². The molecule has 0 fully saturated rings. The van der Waals surface area contributed by atoms with Gasteiger partial charge in [-0.15, -0.1) is 10.2 Å². The van der Waals surface area contributed by atoms with Gasteiger partial charge in [-0.25, -0.2) is 14.1 Å². The van der Waals surface area contributed by atoms with Crippen molar-refractivity contribution in [3.05, 3.63) is 48.0 Å². The Morgan fingerprint density at radius 1 is 1.29 bits per heavy atom. The van der Waals surface area contributed by atoms with Gasteiger partial charge in [0.15, 0.2) is 11.6 Å². The summed E-state index contributed by atoms with van der Waals surface area (Å²) in [4.78, 5) is 4.21. The Kier molecular flexibility index (Phi) is 4.31. The van der Waals surface area contributed by atoms with Crippen LogP contribution in [-0.2, 0) is 11.2 Å². The number of thioether (sulfide) groups is 1. The zero-order valence-corrected chi connectivity index (χ0v) is 14.5. The summed E-state index contributed by atoms with van der Waals surface area (Å²) in [6.07, 6.45) is 1.58. The largest absolute Gasteiger partial charge is 0.440 e. The van der Waals surface area contributed by atoms with Gasteiger partial charge < -0.3 is 10.3 Å². The highest BCUT2D eigenvalue weighted by atomic mass is 32.2. The maximum atomic E-state index is 13.3. The minimum absolute atomic E-state index is 0.186. The number of nitrogens with zero attached hydrogens (tertiary/aromatic N) is 4. The molecular weight excluding hydrogens is 329 g/mol. The Labute approximate surface area is 143 Å². The molecule has 0 aliphatic heterocycles. The molecule has 126 valence electrons. The molecule has 0 atom stereocenters. The molecule has 0 aliphatic rings. The Morgan fingerprint density at radius 2 is 2.08 bits per heavy atom. The van der Waals surface area contributed by atoms with Gasteiger partial charge in [0.05, 0.1) is 11.9 Å². The number of hydrogen-bond acceptors (Lipinski definition) is 6. The predicted octanol–water partition coefficient (Wildman–Crippen LogP) is 3.38. The summed E-state index contributed by atoms with van der Waals surface area (Å²) in [5, 5.41) is 8.83. The van der Waals surface area contributed by atoms with Crippen molar-refractivity contribution in [1.82, 2.24) is 19.9 Å². The van der Waals surface area contributed by atoms with Crippen molar-refractivity contribution < 1.29 is 8.81 Å². The van der Waals surface area contributed by atoms with Crippen LogP contribution in [-0.4, -0.2) is 19.9 Å². The summed E-state index contributed by atoms with van der Waals surface area (Å²) in [6, 6.07) is 6.19. The van der Waals surface area contributed by atoms with Crippen LogP contribution in [0, 0.1) is 5.82 Å². The van der Waals surface area contributed by atoms with E-state index in [0.717, 1.165) is 0 Å². The standard InChI is InChI=1S/C16H18FN5OS/c1-16(2,3)14-20-21-15(22(14)18)24-9-13-19-8-12(23-13)10-5-4-6-11(17)7-10/h4-8H,9,18H2,1-3H3. The first-order chi connectivity index (χ1) is 11.3. The topological polar surface area (TPSA) is 82.8 Å². The zero-order chi connectivity index (χ0) is 17.3. The second-order valence-corrected chi connectivity index (χ2v) is 7.29. The van der Waals surface area contributed by atoms with Crippen molar-refractivity contribution in [1.29, 1.82) is 0 Å². The van der Waals surface area contributed by atoms with Gasteiger partial charge >= 0.3 is 0 Å². The average molecular weight is 347 g/mol. The first-order valence-electron chi connectivity index (χ1n) is 7.39. The lowest BCUT2D eigenvalue weighted by Crippen LogP contribution is -2.24. The zero-order valence-electron chi connectivity index (χ0n) is 13.7. The molecule has 8 heteroatoms. The number of hydrogen-bond donors (Lipinski definition) is 1. The summed E-state index contributed by atoms with van der Waals surface area (Å²) < 4.78 is 20.4. The van der Waals surface area contributed by atoms with Gasteiger partial charge in [-0.05, 0) is 12.1 Å². The van der Waals surface area contributed by atoms with Crippen molar-refractivity contribution in [2.45, 2.75) is 37.1 Å². The van der Waals surface area contributed by atoms with Crippen LogP contribution in [0.15, 0.2) is 40.0 Å². The maximum Gasteiger partial charge on any atom is 0.210 e. The Balaban J connectivity index is 1.71. The molecule has 2 N–H and O–H groups in total. The van der Waals surface area contributed by atoms with Gasteiger partial charge in [0.1, 0.15) is 5.82 Å². The molecule has 0 radical (unpaired) electrons. The first-order valence-corrected chi connectivity index (χ1v) is 8.37. The Bertz CT molecular complexity index is 852. The summed E-state index contributed by atoms with van der Waals surface area (Å²) in [5.41, 5.74) is 0.462. The van der Waals surface area contributed by atoms with Crippen LogP contribution in [0.5, 0.6) is 0 Å². The molecule has 3 aromatic rings. The van der Waals surface area contributed by atoms with E-state index >= 15 is 0 Å². The third-order valence-electron chi connectivity index (χ3n) is 3.32. The maximum absolute atomic E-state index is 13.3. The number of nitrogen functional groups attached to an aromatic ring is 1. The van der Waals surface area contributed by atoms with Gasteiger partial charge in [0.2, 0.25) is 11.0 Å². The average Bonchev–Trinajstić information content (AvgIpc) is 3.11. The first kappa shape index (κ1) is 16.5. The normalized spacial score (nSPS) is 11.8. The second kappa shape index (κ2) is 6.27. The van der Waals surface area contributed by atoms with Crippen LogP contribution in [0.3, 0.4) is 0 Å². The van der Waals surface area contributed by atoms with Gasteiger partial charge in [-0.1, -0.05) is 44.7 Å². The fourth-order valence-corrected chi connectivity index (χ4v) is 2.88. The number of benzene rings is 1. The third-order valence-corrected chi connectivity index (χ3v) is 4.25. The van der Waals surface area contributed by atoms with Crippen molar-refractivity contribution in [2.75, 3.05) is 5.84 Å². The highest BCUT2D eigenvalue weighted by Crippen LogP contribution is 2.27. The number of nitrogens with two attached hydrogens (primary N) is 1. The lowest BCUT2D eigenvalue weighted by Gasteiger charge is -2.16. The highest BCUT2D eigenvalue weighted by Gasteiger charge is 2.23. The number of aromatic nitrogens is 4. The summed E-state index contributed by atoms with van der Waals surface area (Å²) in [5.74, 6) is 7.93. The van der Waals surface area contributed by atoms with E-state index in [-0.39, 0.29) is 11.2 Å². The Hall–Kier alpha value is -2.35. The molecule has 0 unspecified atom stereocenters. The van der Waals surface area contributed by atoms with Crippen molar-refractivity contribution >= 4 is 11.8 Å². The summed E-state index contributed by atoms with van der Waals surface area (Å²) in [7, 11) is 0. The van der Waals surface area contributed by atoms with Gasteiger partial charge in [0, 0.05) is 11.0 Å². The predicted molar refractivity (Wildman–Crippen MR) is 90.3 cm³/mol. The van der Waals surface area contributed by atoms with Crippen LogP contribution >= 0.6 is 11.8 Å². The van der Waals surface area contributed by atoms with E-state index in [9.17, 15) is 4.39 Å². The van der Waals surface area contributed by atoms with Crippen LogP contribution in [0.1, 0.15) is 32.5 Å². The van der Waals surface area contributed by atoms with Crippen LogP contribution in [0.2, 0.25) is 0 Å². The molecule has 0 saturated heterocycles. The van der Waals surface area contributed by atoms with Crippen molar-refractivity contribution in [3.63, 3.8) is 0 Å². The van der Waals surface area contributed by atoms with Crippen LogP contribution < -0.4 is 5.84 Å². The van der Waals surface area contributed by atoms with E-state index in [4.69, 9.17) is 10.3 Å². The minimum atomic E-state index is -0.314. The fraction of sp³-hybridized carbons (Fsp3) is 0.312. The molecule has 2 aromatic heterocycles. The van der Waals surface area contributed by atoms with Gasteiger partial charge in [0.25, 0.3) is 0 Å². The third kappa shape index (κ3) is 3.43. The van der Waals surface area contributed by atoms with E-state index in [2.05, 4.69) is 15.2 Å². The van der Waals surface area contributed by atoms with Gasteiger partial charge in [-0.3, -0.25) is 0 Å². The smallest absolute Gasteiger partial charge is 0.210 e. The number of oxazole rings is 1. The molecular formula is C16H18FN5OS. The molecule has 0 amide bonds. The molecule has 0 spiro atoms. The van der Waals surface area contributed by atoms with Crippen molar-refractivity contribution in [3.8, 4) is 11.3 Å². The molecule has 0 aliphatic carbocycles. The second-order valence-electron chi connectivity index (χ2n) is 6.34.